The minimum atomic E-state index is -0.150. The van der Waals surface area contributed by atoms with Crippen LogP contribution in [-0.4, -0.2) is 16.8 Å². The van der Waals surface area contributed by atoms with Crippen molar-refractivity contribution in [3.63, 3.8) is 0 Å². The molecule has 4 N–H and O–H groups in total. The maximum absolute atomic E-state index is 11.5. The lowest BCUT2D eigenvalue weighted by Gasteiger charge is -2.08. The Morgan fingerprint density at radius 3 is 2.47 bits per heavy atom. The lowest BCUT2D eigenvalue weighted by molar-refractivity contribution is -0.113. The van der Waals surface area contributed by atoms with E-state index in [4.69, 9.17) is 11.1 Å². The van der Waals surface area contributed by atoms with Crippen molar-refractivity contribution in [3.05, 3.63) is 29.8 Å². The highest BCUT2D eigenvalue weighted by Crippen LogP contribution is 2.17. The second kappa shape index (κ2) is 6.30. The van der Waals surface area contributed by atoms with Crippen molar-refractivity contribution < 1.29 is 4.79 Å². The molecule has 4 nitrogen and oxygen atoms in total. The molecule has 1 aromatic rings. The van der Waals surface area contributed by atoms with Crippen LogP contribution in [0.5, 0.6) is 0 Å². The first-order chi connectivity index (χ1) is 7.99. The third-order valence-electron chi connectivity index (χ3n) is 2.22. The van der Waals surface area contributed by atoms with E-state index in [0.717, 1.165) is 17.4 Å². The molecule has 0 aliphatic rings. The number of amidine groups is 1. The molecule has 0 aromatic heterocycles. The summed E-state index contributed by atoms with van der Waals surface area (Å²) in [6, 6.07) is 7.76. The summed E-state index contributed by atoms with van der Waals surface area (Å²) in [5.41, 5.74) is 7.16. The zero-order valence-corrected chi connectivity index (χ0v) is 10.8. The first-order valence-electron chi connectivity index (χ1n) is 5.35. The molecule has 0 aliphatic heterocycles. The summed E-state index contributed by atoms with van der Waals surface area (Å²) in [5, 5.41) is 9.71. The van der Waals surface area contributed by atoms with E-state index in [0.29, 0.717) is 5.92 Å². The van der Waals surface area contributed by atoms with Crippen LogP contribution < -0.4 is 11.1 Å². The second-order valence-corrected chi connectivity index (χ2v) is 4.99. The number of hydrogen-bond donors (Lipinski definition) is 3. The van der Waals surface area contributed by atoms with Crippen LogP contribution >= 0.6 is 11.8 Å². The monoisotopic (exact) mass is 251 g/mol. The average molecular weight is 251 g/mol. The van der Waals surface area contributed by atoms with Crippen LogP contribution in [0.4, 0.5) is 5.69 Å². The summed E-state index contributed by atoms with van der Waals surface area (Å²) in [7, 11) is 0. The van der Waals surface area contributed by atoms with Gasteiger partial charge in [-0.15, -0.1) is 0 Å². The Kier molecular flexibility index (Phi) is 5.03. The Labute approximate surface area is 105 Å². The molecule has 0 fully saturated rings. The number of nitrogens with one attached hydrogen (secondary N) is 2. The van der Waals surface area contributed by atoms with Gasteiger partial charge >= 0.3 is 0 Å². The summed E-state index contributed by atoms with van der Waals surface area (Å²) in [6.45, 7) is 4.24. The van der Waals surface area contributed by atoms with Gasteiger partial charge in [-0.05, 0) is 23.6 Å². The van der Waals surface area contributed by atoms with E-state index >= 15 is 0 Å². The molecule has 0 saturated heterocycles. The van der Waals surface area contributed by atoms with E-state index in [9.17, 15) is 4.79 Å². The van der Waals surface area contributed by atoms with Crippen LogP contribution in [0.1, 0.15) is 25.3 Å². The third-order valence-corrected chi connectivity index (χ3v) is 2.94. The summed E-state index contributed by atoms with van der Waals surface area (Å²) in [5.74, 6) is 0.497. The predicted octanol–water partition coefficient (Wildman–Crippen LogP) is 2.38. The fraction of sp³-hybridized carbons (Fsp3) is 0.333. The molecule has 1 aromatic carbocycles. The van der Waals surface area contributed by atoms with Gasteiger partial charge < -0.3 is 11.1 Å². The number of carbonyl (C=O) groups is 1. The minimum absolute atomic E-state index is 0.0460. The van der Waals surface area contributed by atoms with Crippen LogP contribution in [0.15, 0.2) is 24.3 Å². The highest BCUT2D eigenvalue weighted by molar-refractivity contribution is 8.14. The van der Waals surface area contributed by atoms with Crippen molar-refractivity contribution >= 4 is 28.5 Å². The Bertz CT molecular complexity index is 401. The third kappa shape index (κ3) is 4.91. The highest BCUT2D eigenvalue weighted by Gasteiger charge is 2.04. The van der Waals surface area contributed by atoms with Crippen LogP contribution in [0.3, 0.4) is 0 Å². The van der Waals surface area contributed by atoms with Gasteiger partial charge in [0, 0.05) is 5.69 Å². The molecule has 0 aliphatic carbocycles. The molecule has 1 rings (SSSR count). The van der Waals surface area contributed by atoms with Crippen molar-refractivity contribution in [2.45, 2.75) is 19.8 Å². The van der Waals surface area contributed by atoms with Gasteiger partial charge in [0.2, 0.25) is 5.91 Å². The van der Waals surface area contributed by atoms with Crippen molar-refractivity contribution in [3.8, 4) is 0 Å². The average Bonchev–Trinajstić information content (AvgIpc) is 2.27. The number of amides is 1. The molecule has 0 heterocycles. The van der Waals surface area contributed by atoms with Gasteiger partial charge in [-0.3, -0.25) is 10.2 Å². The lowest BCUT2D eigenvalue weighted by atomic mass is 10.0. The van der Waals surface area contributed by atoms with E-state index < -0.39 is 0 Å². The molecule has 0 unspecified atom stereocenters. The number of thioether (sulfide) groups is 1. The Morgan fingerprint density at radius 2 is 2.00 bits per heavy atom. The molecular weight excluding hydrogens is 234 g/mol. The van der Waals surface area contributed by atoms with Crippen molar-refractivity contribution in [2.75, 3.05) is 11.1 Å². The molecule has 0 radical (unpaired) electrons. The van der Waals surface area contributed by atoms with Gasteiger partial charge in [0.25, 0.3) is 0 Å². The maximum atomic E-state index is 11.5. The molecular formula is C12H17N3OS. The Balaban J connectivity index is 2.51. The quantitative estimate of drug-likeness (QED) is 0.568. The summed E-state index contributed by atoms with van der Waals surface area (Å²) < 4.78 is 0. The van der Waals surface area contributed by atoms with Crippen molar-refractivity contribution in [1.82, 2.24) is 0 Å². The summed E-state index contributed by atoms with van der Waals surface area (Å²) in [6.07, 6.45) is 0. The maximum Gasteiger partial charge on any atom is 0.234 e. The summed E-state index contributed by atoms with van der Waals surface area (Å²) in [4.78, 5) is 11.5. The Morgan fingerprint density at radius 1 is 1.41 bits per heavy atom. The zero-order valence-electron chi connectivity index (χ0n) is 9.99. The summed E-state index contributed by atoms with van der Waals surface area (Å²) >= 11 is 1.02. The SMILES string of the molecule is CC(C)c1ccc(NC(=O)CSC(=N)N)cc1. The van der Waals surface area contributed by atoms with Crippen LogP contribution in [0.25, 0.3) is 0 Å². The number of hydrogen-bond acceptors (Lipinski definition) is 3. The molecule has 5 heteroatoms. The van der Waals surface area contributed by atoms with E-state index in [-0.39, 0.29) is 16.8 Å². The van der Waals surface area contributed by atoms with E-state index in [1.807, 2.05) is 24.3 Å². The molecule has 17 heavy (non-hydrogen) atoms. The van der Waals surface area contributed by atoms with E-state index in [1.54, 1.807) is 0 Å². The fourth-order valence-electron chi connectivity index (χ4n) is 1.29. The van der Waals surface area contributed by atoms with Gasteiger partial charge in [0.15, 0.2) is 5.17 Å². The molecule has 92 valence electrons. The van der Waals surface area contributed by atoms with Gasteiger partial charge in [-0.2, -0.15) is 0 Å². The first kappa shape index (κ1) is 13.6. The zero-order chi connectivity index (χ0) is 12.8. The predicted molar refractivity (Wildman–Crippen MR) is 73.5 cm³/mol. The smallest absolute Gasteiger partial charge is 0.234 e. The number of anilines is 1. The highest BCUT2D eigenvalue weighted by atomic mass is 32.2. The van der Waals surface area contributed by atoms with Crippen molar-refractivity contribution in [1.29, 1.82) is 5.41 Å². The number of benzene rings is 1. The topological polar surface area (TPSA) is 79.0 Å². The second-order valence-electron chi connectivity index (χ2n) is 3.98. The molecule has 0 bridgehead atoms. The number of rotatable bonds is 4. The number of nitrogens with two attached hydrogens (primary N) is 1. The fourth-order valence-corrected chi connectivity index (χ4v) is 1.65. The van der Waals surface area contributed by atoms with Gasteiger partial charge in [0.1, 0.15) is 0 Å². The van der Waals surface area contributed by atoms with Crippen molar-refractivity contribution in [2.24, 2.45) is 5.73 Å². The van der Waals surface area contributed by atoms with Gasteiger partial charge in [-0.1, -0.05) is 37.7 Å². The molecule has 0 atom stereocenters. The normalized spacial score (nSPS) is 10.3. The van der Waals surface area contributed by atoms with E-state index in [1.165, 1.54) is 5.56 Å². The van der Waals surface area contributed by atoms with Crippen LogP contribution in [-0.2, 0) is 4.79 Å². The van der Waals surface area contributed by atoms with Crippen LogP contribution in [0.2, 0.25) is 0 Å². The Hall–Kier alpha value is -1.49. The largest absolute Gasteiger partial charge is 0.379 e. The van der Waals surface area contributed by atoms with E-state index in [2.05, 4.69) is 19.2 Å². The van der Waals surface area contributed by atoms with Crippen LogP contribution in [0, 0.1) is 5.41 Å². The lowest BCUT2D eigenvalue weighted by Crippen LogP contribution is -2.17. The molecule has 0 spiro atoms. The minimum Gasteiger partial charge on any atom is -0.379 e. The number of carbonyl (C=O) groups excluding carboxylic acids is 1. The molecule has 1 amide bonds. The standard InChI is InChI=1S/C12H17N3OS/c1-8(2)9-3-5-10(6-4-9)15-11(16)7-17-12(13)14/h3-6,8H,7H2,1-2H3,(H3,13,14)(H,15,16). The molecule has 0 saturated carbocycles. The van der Waals surface area contributed by atoms with Gasteiger partial charge in [-0.25, -0.2) is 0 Å². The first-order valence-corrected chi connectivity index (χ1v) is 6.34. The van der Waals surface area contributed by atoms with Gasteiger partial charge in [0.05, 0.1) is 5.75 Å².